The summed E-state index contributed by atoms with van der Waals surface area (Å²) < 4.78 is 0. The molecule has 117 heavy (non-hydrogen) atoms. The van der Waals surface area contributed by atoms with E-state index in [4.69, 9.17) is 0 Å². The number of hydrogen-bond acceptors (Lipinski definition) is 12. The van der Waals surface area contributed by atoms with Crippen LogP contribution in [-0.4, -0.2) is 34.3 Å². The van der Waals surface area contributed by atoms with Crippen molar-refractivity contribution in [1.82, 2.24) is 0 Å². The molecule has 0 saturated heterocycles. The van der Waals surface area contributed by atoms with Gasteiger partial charge in [0.25, 0.3) is 0 Å². The maximum absolute atomic E-state index is 12.1. The number of para-hydroxylation sites is 6. The van der Waals surface area contributed by atoms with Gasteiger partial charge in [-0.05, 0) is 289 Å². The Labute approximate surface area is 719 Å². The Morgan fingerprint density at radius 3 is 0.427 bits per heavy atom. The molecule has 0 radical (unpaired) electrons. The molecule has 0 fully saturated rings. The van der Waals surface area contributed by atoms with Crippen molar-refractivity contribution >= 4 is 68.4 Å². The Kier molecular flexibility index (Phi) is 30.0. The molecule has 0 unspecified atom stereocenters. The molecule has 0 saturated carbocycles. The monoisotopic (exact) mass is 1670 g/mol. The van der Waals surface area contributed by atoms with E-state index < -0.39 is 0 Å². The van der Waals surface area contributed by atoms with E-state index >= 15 is 0 Å². The van der Waals surface area contributed by atoms with Crippen LogP contribution in [-0.2, 0) is 49.5 Å². The van der Waals surface area contributed by atoms with Crippen LogP contribution in [0.15, 0.2) is 285 Å². The summed E-state index contributed by atoms with van der Waals surface area (Å²) in [7, 11) is 0. The summed E-state index contributed by atoms with van der Waals surface area (Å²) in [6, 6.07) is 80.5. The van der Waals surface area contributed by atoms with Gasteiger partial charge >= 0.3 is 49.5 Å². The first kappa shape index (κ1) is 88.3. The molecule has 0 aromatic heterocycles. The summed E-state index contributed by atoms with van der Waals surface area (Å²) in [6.07, 6.45) is 5.11. The van der Waals surface area contributed by atoms with Crippen LogP contribution < -0.4 is 30.6 Å². The molecule has 6 aliphatic carbocycles. The molecule has 18 rings (SSSR count). The molecule has 0 heterocycles. The van der Waals surface area contributed by atoms with Crippen molar-refractivity contribution in [1.29, 1.82) is 0 Å². The quantitative estimate of drug-likeness (QED) is 0.148. The van der Waals surface area contributed by atoms with E-state index in [9.17, 15) is 30.6 Å². The fourth-order valence-electron chi connectivity index (χ4n) is 17.3. The van der Waals surface area contributed by atoms with Crippen LogP contribution in [0.4, 0.5) is 34.1 Å². The van der Waals surface area contributed by atoms with Gasteiger partial charge in [0.05, 0.1) is 34.1 Å². The standard InChI is InChI=1S/6C17H17NO.3Ni/c6*1-11-8-9-15(19)17-14(10-12(2)16(11)17)18-13-6-4-3-5-7-13;;;/h6*3-9,12,19H,10H2,1-2H3;;;/q;;;;;;3*+2/p-6/t6*12-;;;/m000000.../s1. The maximum atomic E-state index is 12.1. The van der Waals surface area contributed by atoms with Crippen molar-refractivity contribution in [3.63, 3.8) is 0 Å². The van der Waals surface area contributed by atoms with Gasteiger partial charge in [-0.2, -0.15) is 0 Å². The number of nitrogens with zero attached hydrogens (tertiary/aromatic N) is 6. The zero-order valence-electron chi connectivity index (χ0n) is 68.0. The number of aryl methyl sites for hydroxylation is 6. The van der Waals surface area contributed by atoms with Crippen molar-refractivity contribution < 1.29 is 80.1 Å². The Balaban J connectivity index is 0.000000147. The van der Waals surface area contributed by atoms with E-state index in [1.54, 1.807) is 36.4 Å². The molecule has 12 aromatic rings. The second-order valence-corrected chi connectivity index (χ2v) is 31.0. The van der Waals surface area contributed by atoms with Crippen molar-refractivity contribution in [3.8, 4) is 34.5 Å². The van der Waals surface area contributed by atoms with Gasteiger partial charge < -0.3 is 30.6 Å². The van der Waals surface area contributed by atoms with E-state index in [2.05, 4.69) is 113 Å². The average Bonchev–Trinajstić information content (AvgIpc) is 1.67. The van der Waals surface area contributed by atoms with Crippen LogP contribution in [0.1, 0.15) is 216 Å². The van der Waals surface area contributed by atoms with Gasteiger partial charge in [0, 0.05) is 34.3 Å². The zero-order valence-corrected chi connectivity index (χ0v) is 71.0. The second kappa shape index (κ2) is 39.7. The van der Waals surface area contributed by atoms with E-state index in [0.29, 0.717) is 35.5 Å². The topological polar surface area (TPSA) is 213 Å². The fourth-order valence-corrected chi connectivity index (χ4v) is 17.3. The summed E-state index contributed by atoms with van der Waals surface area (Å²) in [4.78, 5) is 28.0. The Morgan fingerprint density at radius 1 is 0.188 bits per heavy atom. The van der Waals surface area contributed by atoms with Gasteiger partial charge in [0.15, 0.2) is 0 Å². The molecule has 0 bridgehead atoms. The first-order chi connectivity index (χ1) is 55.0. The number of benzene rings is 12. The minimum Gasteiger partial charge on any atom is -0.872 e. The number of aliphatic imine (C=N–C) groups is 6. The van der Waals surface area contributed by atoms with Crippen LogP contribution in [0, 0.1) is 41.5 Å². The van der Waals surface area contributed by atoms with Crippen LogP contribution in [0.2, 0.25) is 0 Å². The van der Waals surface area contributed by atoms with Crippen LogP contribution in [0.5, 0.6) is 34.5 Å². The minimum atomic E-state index is 0. The molecule has 0 amide bonds. The third kappa shape index (κ3) is 20.1. The minimum absolute atomic E-state index is 0. The molecule has 600 valence electrons. The summed E-state index contributed by atoms with van der Waals surface area (Å²) in [5, 5.41) is 72.8. The average molecular weight is 1680 g/mol. The molecule has 0 spiro atoms. The van der Waals surface area contributed by atoms with Gasteiger partial charge in [0.1, 0.15) is 0 Å². The number of rotatable bonds is 6. The number of hydrogen-bond donors (Lipinski definition) is 0. The summed E-state index contributed by atoms with van der Waals surface area (Å²) in [5.74, 6) is 2.87. The fraction of sp³-hybridized carbons (Fsp3) is 0.235. The third-order valence-electron chi connectivity index (χ3n) is 22.4. The molecule has 0 N–H and O–H groups in total. The SMILES string of the molecule is Cc1ccc([O-])c2c1[C@@H](C)CC2=Nc1ccccc1.Cc1ccc([O-])c2c1[C@@H](C)CC2=Nc1ccccc1.Cc1ccc([O-])c2c1[C@@H](C)CC2=Nc1ccccc1.Cc1ccc([O-])c2c1[C@@H](C)CC2=Nc1ccccc1.Cc1ccc([O-])c2c1[C@@H](C)CC2=Nc1ccccc1.Cc1ccc([O-])c2c1[C@@H](C)CC2=Nc1ccccc1.[Ni+2].[Ni+2].[Ni+2]. The maximum Gasteiger partial charge on any atom is 2.00 e. The van der Waals surface area contributed by atoms with E-state index in [1.807, 2.05) is 218 Å². The molecule has 0 aliphatic heterocycles. The first-order valence-corrected chi connectivity index (χ1v) is 39.6. The summed E-state index contributed by atoms with van der Waals surface area (Å²) in [5.41, 5.74) is 30.3. The van der Waals surface area contributed by atoms with E-state index in [-0.39, 0.29) is 84.0 Å². The van der Waals surface area contributed by atoms with Crippen LogP contribution in [0.3, 0.4) is 0 Å². The Hall–Kier alpha value is -11.1. The van der Waals surface area contributed by atoms with Crippen LogP contribution >= 0.6 is 0 Å². The smallest absolute Gasteiger partial charge is 0.872 e. The Morgan fingerprint density at radius 2 is 0.308 bits per heavy atom. The van der Waals surface area contributed by atoms with Gasteiger partial charge in [-0.3, -0.25) is 30.0 Å². The molecular weight excluding hydrogens is 1580 g/mol. The van der Waals surface area contributed by atoms with Crippen molar-refractivity contribution in [3.05, 3.63) is 355 Å². The van der Waals surface area contributed by atoms with Crippen molar-refractivity contribution in [2.45, 2.75) is 157 Å². The second-order valence-electron chi connectivity index (χ2n) is 31.0. The summed E-state index contributed by atoms with van der Waals surface area (Å²) in [6.45, 7) is 25.4. The first-order valence-electron chi connectivity index (χ1n) is 39.6. The molecule has 6 atom stereocenters. The predicted octanol–water partition coefficient (Wildman–Crippen LogP) is 22.2. The van der Waals surface area contributed by atoms with Crippen LogP contribution in [0.25, 0.3) is 0 Å². The summed E-state index contributed by atoms with van der Waals surface area (Å²) >= 11 is 0. The van der Waals surface area contributed by atoms with Gasteiger partial charge in [0.2, 0.25) is 0 Å². The molecule has 15 heteroatoms. The van der Waals surface area contributed by atoms with Crippen molar-refractivity contribution in [2.24, 2.45) is 30.0 Å². The van der Waals surface area contributed by atoms with Gasteiger partial charge in [-0.15, -0.1) is 0 Å². The molecular formula is C102H96N6Ni3O6. The normalized spacial score (nSPS) is 19.2. The van der Waals surface area contributed by atoms with Gasteiger partial charge in [-0.25, -0.2) is 0 Å². The Bertz CT molecular complexity index is 4790. The van der Waals surface area contributed by atoms with Gasteiger partial charge in [-0.1, -0.05) is 258 Å². The van der Waals surface area contributed by atoms with Crippen molar-refractivity contribution in [2.75, 3.05) is 0 Å². The molecule has 12 nitrogen and oxygen atoms in total. The van der Waals surface area contributed by atoms with E-state index in [1.165, 1.54) is 66.8 Å². The molecule has 12 aromatic carbocycles. The van der Waals surface area contributed by atoms with E-state index in [0.717, 1.165) is 140 Å². The zero-order chi connectivity index (χ0) is 80.4. The largest absolute Gasteiger partial charge is 2.00 e. The third-order valence-corrected chi connectivity index (χ3v) is 22.4. The molecule has 6 aliphatic rings. The predicted molar refractivity (Wildman–Crippen MR) is 458 cm³/mol. The number of fused-ring (bicyclic) bond motifs is 6.